The van der Waals surface area contributed by atoms with Gasteiger partial charge in [0.2, 0.25) is 5.91 Å². The number of nitrogens with zero attached hydrogens (tertiary/aromatic N) is 1. The van der Waals surface area contributed by atoms with Crippen LogP contribution in [0.1, 0.15) is 12.8 Å². The Balaban J connectivity index is 0.000000720. The van der Waals surface area contributed by atoms with Crippen LogP contribution < -0.4 is 5.73 Å². The maximum Gasteiger partial charge on any atom is 0.221 e. The van der Waals surface area contributed by atoms with Crippen LogP contribution in [0.3, 0.4) is 0 Å². The average Bonchev–Trinajstić information content (AvgIpc) is 2.30. The molecule has 2 fully saturated rings. The maximum absolute atomic E-state index is 10.9. The molecular formula is C8H15ClN2O. The molecule has 3 nitrogen and oxygen atoms in total. The first-order chi connectivity index (χ1) is 5.25. The number of halogens is 1. The topological polar surface area (TPSA) is 46.3 Å². The van der Waals surface area contributed by atoms with Crippen LogP contribution in [-0.4, -0.2) is 30.4 Å². The fourth-order valence-corrected chi connectivity index (χ4v) is 2.27. The van der Waals surface area contributed by atoms with Crippen molar-refractivity contribution in [1.29, 1.82) is 0 Å². The lowest BCUT2D eigenvalue weighted by Crippen LogP contribution is -2.39. The van der Waals surface area contributed by atoms with Gasteiger partial charge in [0.1, 0.15) is 0 Å². The van der Waals surface area contributed by atoms with Crippen molar-refractivity contribution in [3.05, 3.63) is 0 Å². The fraction of sp³-hybridized carbons (Fsp3) is 0.875. The number of rotatable bonds is 1. The summed E-state index contributed by atoms with van der Waals surface area (Å²) in [5, 5.41) is 0. The van der Waals surface area contributed by atoms with Crippen molar-refractivity contribution in [3.8, 4) is 0 Å². The summed E-state index contributed by atoms with van der Waals surface area (Å²) in [6.45, 7) is 3.28. The predicted octanol–water partition coefficient (Wildman–Crippen LogP) is 0.235. The Morgan fingerprint density at radius 3 is 2.75 bits per heavy atom. The number of fused-ring (bicyclic) bond motifs is 2. The Morgan fingerprint density at radius 1 is 1.42 bits per heavy atom. The summed E-state index contributed by atoms with van der Waals surface area (Å²) in [5.74, 6) is 0.777. The normalized spacial score (nSPS) is 38.8. The summed E-state index contributed by atoms with van der Waals surface area (Å²) < 4.78 is 0. The second-order valence-corrected chi connectivity index (χ2v) is 3.75. The summed E-state index contributed by atoms with van der Waals surface area (Å²) in [4.78, 5) is 13.2. The quantitative estimate of drug-likeness (QED) is 0.644. The highest BCUT2D eigenvalue weighted by Gasteiger charge is 2.34. The van der Waals surface area contributed by atoms with E-state index in [1.807, 2.05) is 0 Å². The first-order valence-electron chi connectivity index (χ1n) is 4.27. The van der Waals surface area contributed by atoms with Gasteiger partial charge in [-0.05, 0) is 25.3 Å². The number of hydrogen-bond donors (Lipinski definition) is 1. The Labute approximate surface area is 78.7 Å². The molecule has 0 aromatic rings. The monoisotopic (exact) mass is 190 g/mol. The molecule has 0 aromatic heterocycles. The third-order valence-corrected chi connectivity index (χ3v) is 2.87. The van der Waals surface area contributed by atoms with Crippen LogP contribution in [0.4, 0.5) is 0 Å². The first kappa shape index (κ1) is 9.81. The molecule has 2 bridgehead atoms. The van der Waals surface area contributed by atoms with E-state index >= 15 is 0 Å². The molecule has 2 rings (SSSR count). The molecule has 2 N–H and O–H groups in total. The second-order valence-electron chi connectivity index (χ2n) is 3.75. The fourth-order valence-electron chi connectivity index (χ4n) is 2.27. The van der Waals surface area contributed by atoms with Crippen LogP contribution in [0, 0.1) is 11.8 Å². The van der Waals surface area contributed by atoms with Gasteiger partial charge in [0.05, 0.1) is 5.92 Å². The molecule has 2 aliphatic rings. The van der Waals surface area contributed by atoms with E-state index in [4.69, 9.17) is 5.73 Å². The summed E-state index contributed by atoms with van der Waals surface area (Å²) in [6.07, 6.45) is 2.30. The number of amides is 1. The third kappa shape index (κ3) is 1.72. The molecule has 4 heteroatoms. The number of hydrogen-bond acceptors (Lipinski definition) is 2. The van der Waals surface area contributed by atoms with Crippen molar-refractivity contribution >= 4 is 18.3 Å². The predicted molar refractivity (Wildman–Crippen MR) is 49.1 cm³/mol. The lowest BCUT2D eigenvalue weighted by atomic mass is 9.91. The van der Waals surface area contributed by atoms with Crippen molar-refractivity contribution in [1.82, 2.24) is 4.90 Å². The van der Waals surface area contributed by atoms with Crippen LogP contribution in [-0.2, 0) is 4.79 Å². The zero-order valence-electron chi connectivity index (χ0n) is 7.03. The van der Waals surface area contributed by atoms with Gasteiger partial charge in [-0.15, -0.1) is 12.4 Å². The summed E-state index contributed by atoms with van der Waals surface area (Å²) in [6, 6.07) is 0. The molecule has 2 aliphatic heterocycles. The van der Waals surface area contributed by atoms with E-state index in [-0.39, 0.29) is 24.2 Å². The van der Waals surface area contributed by atoms with Gasteiger partial charge in [0.25, 0.3) is 0 Å². The van der Waals surface area contributed by atoms with Crippen LogP contribution in [0.25, 0.3) is 0 Å². The Hall–Kier alpha value is -0.280. The molecule has 0 spiro atoms. The van der Waals surface area contributed by atoms with Gasteiger partial charge in [0.15, 0.2) is 0 Å². The van der Waals surface area contributed by atoms with E-state index in [0.29, 0.717) is 0 Å². The van der Waals surface area contributed by atoms with Gasteiger partial charge in [0, 0.05) is 13.1 Å². The maximum atomic E-state index is 10.9. The minimum Gasteiger partial charge on any atom is -0.369 e. The van der Waals surface area contributed by atoms with E-state index in [9.17, 15) is 4.79 Å². The minimum absolute atomic E-state index is 0. The molecule has 3 atom stereocenters. The largest absolute Gasteiger partial charge is 0.369 e. The summed E-state index contributed by atoms with van der Waals surface area (Å²) in [5.41, 5.74) is 5.25. The molecule has 70 valence electrons. The molecule has 0 aromatic carbocycles. The Kier molecular flexibility index (Phi) is 2.96. The molecule has 12 heavy (non-hydrogen) atoms. The zero-order valence-corrected chi connectivity index (χ0v) is 7.85. The zero-order chi connectivity index (χ0) is 7.84. The standard InChI is InChI=1S/C8H14N2O.ClH/c9-8(11)7-3-6-1-2-10(4-6)5-7;/h6-7H,1-5H2,(H2,9,11);1H. The molecule has 3 unspecified atom stereocenters. The number of primary amides is 1. The molecule has 2 saturated heterocycles. The number of piperidine rings is 1. The molecule has 0 aliphatic carbocycles. The molecular weight excluding hydrogens is 176 g/mol. The van der Waals surface area contributed by atoms with Crippen molar-refractivity contribution in [2.45, 2.75) is 12.8 Å². The Bertz CT molecular complexity index is 174. The van der Waals surface area contributed by atoms with Crippen molar-refractivity contribution in [2.75, 3.05) is 19.6 Å². The van der Waals surface area contributed by atoms with Crippen molar-refractivity contribution in [3.63, 3.8) is 0 Å². The van der Waals surface area contributed by atoms with Gasteiger partial charge < -0.3 is 10.6 Å². The van der Waals surface area contributed by atoms with E-state index in [2.05, 4.69) is 4.90 Å². The van der Waals surface area contributed by atoms with Gasteiger partial charge in [-0.2, -0.15) is 0 Å². The van der Waals surface area contributed by atoms with E-state index < -0.39 is 0 Å². The lowest BCUT2D eigenvalue weighted by Gasteiger charge is -2.27. The van der Waals surface area contributed by atoms with Gasteiger partial charge in [-0.25, -0.2) is 0 Å². The third-order valence-electron chi connectivity index (χ3n) is 2.87. The highest BCUT2D eigenvalue weighted by molar-refractivity contribution is 5.85. The van der Waals surface area contributed by atoms with Gasteiger partial charge in [-0.3, -0.25) is 4.79 Å². The molecule has 2 heterocycles. The first-order valence-corrected chi connectivity index (χ1v) is 4.27. The van der Waals surface area contributed by atoms with Gasteiger partial charge in [-0.1, -0.05) is 0 Å². The number of carbonyl (C=O) groups excluding carboxylic acids is 1. The van der Waals surface area contributed by atoms with Crippen LogP contribution in [0.2, 0.25) is 0 Å². The van der Waals surface area contributed by atoms with Crippen molar-refractivity contribution in [2.24, 2.45) is 17.6 Å². The Morgan fingerprint density at radius 2 is 2.17 bits per heavy atom. The summed E-state index contributed by atoms with van der Waals surface area (Å²) in [7, 11) is 0. The average molecular weight is 191 g/mol. The summed E-state index contributed by atoms with van der Waals surface area (Å²) >= 11 is 0. The van der Waals surface area contributed by atoms with E-state index in [1.54, 1.807) is 0 Å². The second kappa shape index (κ2) is 3.62. The van der Waals surface area contributed by atoms with E-state index in [0.717, 1.165) is 18.9 Å². The van der Waals surface area contributed by atoms with E-state index in [1.165, 1.54) is 19.5 Å². The van der Waals surface area contributed by atoms with Crippen LogP contribution in [0.15, 0.2) is 0 Å². The molecule has 0 saturated carbocycles. The van der Waals surface area contributed by atoms with Crippen LogP contribution >= 0.6 is 12.4 Å². The molecule has 0 radical (unpaired) electrons. The number of carbonyl (C=O) groups is 1. The number of nitrogens with two attached hydrogens (primary N) is 1. The SMILES string of the molecule is Cl.NC(=O)C1CC2CCN(C2)C1. The minimum atomic E-state index is -0.110. The molecule has 1 amide bonds. The highest BCUT2D eigenvalue weighted by Crippen LogP contribution is 2.29. The lowest BCUT2D eigenvalue weighted by molar-refractivity contribution is -0.123. The highest BCUT2D eigenvalue weighted by atomic mass is 35.5. The van der Waals surface area contributed by atoms with Crippen LogP contribution in [0.5, 0.6) is 0 Å². The van der Waals surface area contributed by atoms with Gasteiger partial charge >= 0.3 is 0 Å². The van der Waals surface area contributed by atoms with Crippen molar-refractivity contribution < 1.29 is 4.79 Å². The smallest absolute Gasteiger partial charge is 0.221 e.